The molecule has 0 rings (SSSR count). The minimum absolute atomic E-state index is 0.0451. The third kappa shape index (κ3) is 71.4. The number of carbonyl (C=O) groups excluding carboxylic acids is 2. The van der Waals surface area contributed by atoms with Gasteiger partial charge in [0, 0.05) is 19.4 Å². The fraction of sp³-hybridized carbons (Fsp3) is 0.714. The maximum atomic E-state index is 12.8. The largest absolute Gasteiger partial charge is 0.472 e. The van der Waals surface area contributed by atoms with Gasteiger partial charge in [0.2, 0.25) is 0 Å². The highest BCUT2D eigenvalue weighted by molar-refractivity contribution is 7.47. The van der Waals surface area contributed by atoms with E-state index in [1.54, 1.807) is 0 Å². The van der Waals surface area contributed by atoms with Gasteiger partial charge in [-0.15, -0.1) is 0 Å². The average molecular weight is 1230 g/mol. The number of carbonyl (C=O) groups is 2. The van der Waals surface area contributed by atoms with E-state index < -0.39 is 26.5 Å². The van der Waals surface area contributed by atoms with Crippen molar-refractivity contribution in [2.75, 3.05) is 26.4 Å². The van der Waals surface area contributed by atoms with Crippen molar-refractivity contribution in [2.24, 2.45) is 5.73 Å². The number of rotatable bonds is 67. The van der Waals surface area contributed by atoms with Crippen LogP contribution in [-0.2, 0) is 32.7 Å². The quantitative estimate of drug-likeness (QED) is 0.0264. The first-order valence-electron chi connectivity index (χ1n) is 36.0. The molecule has 500 valence electrons. The molecule has 2 atom stereocenters. The summed E-state index contributed by atoms with van der Waals surface area (Å²) in [5, 5.41) is 0. The number of esters is 2. The number of hydrogen-bond acceptors (Lipinski definition) is 8. The Morgan fingerprint density at radius 1 is 0.356 bits per heavy atom. The van der Waals surface area contributed by atoms with Crippen LogP contribution >= 0.6 is 7.82 Å². The van der Waals surface area contributed by atoms with Crippen molar-refractivity contribution < 1.29 is 37.6 Å². The molecule has 0 heterocycles. The number of phosphoric acid groups is 1. The molecule has 0 saturated heterocycles. The van der Waals surface area contributed by atoms with Crippen LogP contribution in [0.15, 0.2) is 122 Å². The van der Waals surface area contributed by atoms with E-state index in [2.05, 4.69) is 135 Å². The predicted octanol–water partition coefficient (Wildman–Crippen LogP) is 23.9. The molecule has 0 bridgehead atoms. The Hall–Kier alpha value is -3.59. The summed E-state index contributed by atoms with van der Waals surface area (Å²) < 4.78 is 33.2. The Bertz CT molecular complexity index is 1840. The van der Waals surface area contributed by atoms with Gasteiger partial charge in [0.25, 0.3) is 0 Å². The Morgan fingerprint density at radius 2 is 0.632 bits per heavy atom. The number of hydrogen-bond donors (Lipinski definition) is 2. The van der Waals surface area contributed by atoms with E-state index in [0.29, 0.717) is 6.42 Å². The lowest BCUT2D eigenvalue weighted by Gasteiger charge is -2.19. The van der Waals surface area contributed by atoms with E-state index in [9.17, 15) is 19.0 Å². The van der Waals surface area contributed by atoms with Crippen molar-refractivity contribution in [3.05, 3.63) is 122 Å². The van der Waals surface area contributed by atoms with Gasteiger partial charge in [-0.1, -0.05) is 322 Å². The van der Waals surface area contributed by atoms with Gasteiger partial charge in [0.15, 0.2) is 6.10 Å². The lowest BCUT2D eigenvalue weighted by Crippen LogP contribution is -2.29. The van der Waals surface area contributed by atoms with Crippen LogP contribution in [0, 0.1) is 0 Å². The first-order chi connectivity index (χ1) is 42.8. The van der Waals surface area contributed by atoms with Crippen LogP contribution in [0.1, 0.15) is 322 Å². The van der Waals surface area contributed by atoms with Crippen molar-refractivity contribution in [3.8, 4) is 0 Å². The summed E-state index contributed by atoms with van der Waals surface area (Å²) in [5.41, 5.74) is 5.40. The predicted molar refractivity (Wildman–Crippen MR) is 376 cm³/mol. The summed E-state index contributed by atoms with van der Waals surface area (Å²) in [6.07, 6.45) is 100. The Kier molecular flexibility index (Phi) is 68.5. The molecule has 10 heteroatoms. The number of phosphoric ester groups is 1. The second kappa shape index (κ2) is 71.5. The molecule has 0 aromatic rings. The van der Waals surface area contributed by atoms with Gasteiger partial charge >= 0.3 is 19.8 Å². The molecule has 9 nitrogen and oxygen atoms in total. The summed E-state index contributed by atoms with van der Waals surface area (Å²) in [6.45, 7) is 3.63. The number of nitrogens with two attached hydrogens (primary N) is 1. The van der Waals surface area contributed by atoms with Crippen molar-refractivity contribution in [2.45, 2.75) is 328 Å². The van der Waals surface area contributed by atoms with Crippen LogP contribution in [0.5, 0.6) is 0 Å². The fourth-order valence-corrected chi connectivity index (χ4v) is 10.8. The van der Waals surface area contributed by atoms with Crippen LogP contribution in [0.25, 0.3) is 0 Å². The van der Waals surface area contributed by atoms with Crippen molar-refractivity contribution >= 4 is 19.8 Å². The SMILES string of the molecule is CC/C=C\C/C=C\C/C=C\C/C=C\C/C=C\C/C=C\C/C=C\C/C=C\C/C=C\CCCCCCCC(=O)OC(COC(=O)CCCCCCCCCCCCCCCCCCCCCCC/C=C\CCCCCCCCCC)COP(=O)(O)OCCN. The summed E-state index contributed by atoms with van der Waals surface area (Å²) in [5.74, 6) is -0.846. The molecule has 0 radical (unpaired) electrons. The highest BCUT2D eigenvalue weighted by atomic mass is 31.2. The second-order valence-corrected chi connectivity index (χ2v) is 25.2. The van der Waals surface area contributed by atoms with Crippen LogP contribution in [0.2, 0.25) is 0 Å². The van der Waals surface area contributed by atoms with Crippen LogP contribution < -0.4 is 5.73 Å². The van der Waals surface area contributed by atoms with Gasteiger partial charge < -0.3 is 20.1 Å². The molecule has 3 N–H and O–H groups in total. The van der Waals surface area contributed by atoms with Crippen LogP contribution in [-0.4, -0.2) is 49.3 Å². The molecular formula is C77H134NO8P. The Labute approximate surface area is 536 Å². The topological polar surface area (TPSA) is 134 Å². The number of ether oxygens (including phenoxy) is 2. The van der Waals surface area contributed by atoms with Crippen LogP contribution in [0.4, 0.5) is 0 Å². The van der Waals surface area contributed by atoms with E-state index in [0.717, 1.165) is 109 Å². The van der Waals surface area contributed by atoms with Gasteiger partial charge in [-0.25, -0.2) is 4.57 Å². The van der Waals surface area contributed by atoms with Gasteiger partial charge in [-0.2, -0.15) is 0 Å². The highest BCUT2D eigenvalue weighted by Gasteiger charge is 2.26. The van der Waals surface area contributed by atoms with E-state index in [4.69, 9.17) is 24.3 Å². The smallest absolute Gasteiger partial charge is 0.462 e. The zero-order chi connectivity index (χ0) is 63.0. The number of allylic oxidation sites excluding steroid dienone is 20. The molecule has 0 aromatic heterocycles. The maximum Gasteiger partial charge on any atom is 0.472 e. The molecule has 0 aliphatic rings. The molecule has 2 unspecified atom stereocenters. The third-order valence-corrected chi connectivity index (χ3v) is 16.3. The first-order valence-corrected chi connectivity index (χ1v) is 37.5. The minimum Gasteiger partial charge on any atom is -0.462 e. The molecule has 0 amide bonds. The molecule has 0 fully saturated rings. The molecule has 87 heavy (non-hydrogen) atoms. The molecular weight excluding hydrogens is 1100 g/mol. The summed E-state index contributed by atoms with van der Waals surface area (Å²) in [4.78, 5) is 35.4. The fourth-order valence-electron chi connectivity index (χ4n) is 10.0. The average Bonchev–Trinajstić information content (AvgIpc) is 3.64. The lowest BCUT2D eigenvalue weighted by atomic mass is 10.0. The zero-order valence-corrected chi connectivity index (χ0v) is 57.1. The molecule has 0 aromatic carbocycles. The van der Waals surface area contributed by atoms with Gasteiger partial charge in [-0.05, 0) is 109 Å². The van der Waals surface area contributed by atoms with Crippen molar-refractivity contribution in [3.63, 3.8) is 0 Å². The van der Waals surface area contributed by atoms with Gasteiger partial charge in [0.05, 0.1) is 13.2 Å². The van der Waals surface area contributed by atoms with Crippen molar-refractivity contribution in [1.82, 2.24) is 0 Å². The van der Waals surface area contributed by atoms with E-state index in [1.165, 1.54) is 180 Å². The molecule has 0 aliphatic heterocycles. The van der Waals surface area contributed by atoms with Crippen molar-refractivity contribution in [1.29, 1.82) is 0 Å². The van der Waals surface area contributed by atoms with E-state index in [-0.39, 0.29) is 38.6 Å². The Morgan fingerprint density at radius 3 is 0.954 bits per heavy atom. The minimum atomic E-state index is -4.41. The normalized spacial score (nSPS) is 13.7. The van der Waals surface area contributed by atoms with Gasteiger partial charge in [-0.3, -0.25) is 18.6 Å². The zero-order valence-electron chi connectivity index (χ0n) is 56.2. The summed E-state index contributed by atoms with van der Waals surface area (Å²) >= 11 is 0. The van der Waals surface area contributed by atoms with E-state index in [1.807, 2.05) is 0 Å². The highest BCUT2D eigenvalue weighted by Crippen LogP contribution is 2.43. The number of unbranched alkanes of at least 4 members (excludes halogenated alkanes) is 34. The van der Waals surface area contributed by atoms with E-state index >= 15 is 0 Å². The maximum absolute atomic E-state index is 12.8. The lowest BCUT2D eigenvalue weighted by molar-refractivity contribution is -0.161. The monoisotopic (exact) mass is 1230 g/mol. The standard InChI is InChI=1S/C77H134NO8P/c1-3-5-7-9-11-13-15-17-19-21-23-25-27-29-31-33-35-37-39-41-43-45-47-49-51-53-55-57-59-61-63-65-67-69-76(79)83-73-75(74-85-87(81,82)84-72-71-78)86-77(80)70-68-66-64-62-60-58-56-54-52-50-48-46-44-42-40-38-36-34-32-30-28-26-24-22-20-18-16-14-12-10-8-6-4-2/h6,8,12,14,18,20-21,23-24,26,30,32,36,38,42,44,48,50,54,56,75H,3-5,7,9-11,13,15-17,19,22,25,27-29,31,33-35,37,39-41,43,45-47,49,51-53,55,57-74,78H2,1-2H3,(H,81,82)/b8-6-,14-12-,20-18-,23-21-,26-24-,32-30-,38-36-,44-42-,50-48-,56-54-. The first kappa shape index (κ1) is 83.4. The Balaban J connectivity index is 3.93. The third-order valence-electron chi connectivity index (χ3n) is 15.3. The molecule has 0 spiro atoms. The molecule has 0 saturated carbocycles. The summed E-state index contributed by atoms with van der Waals surface area (Å²) in [7, 11) is -4.41. The summed E-state index contributed by atoms with van der Waals surface area (Å²) in [6, 6.07) is 0. The van der Waals surface area contributed by atoms with Gasteiger partial charge in [0.1, 0.15) is 6.61 Å². The second-order valence-electron chi connectivity index (χ2n) is 23.7. The molecule has 0 aliphatic carbocycles. The van der Waals surface area contributed by atoms with Crippen LogP contribution in [0.3, 0.4) is 0 Å².